The van der Waals surface area contributed by atoms with Gasteiger partial charge < -0.3 is 9.53 Å². The van der Waals surface area contributed by atoms with Gasteiger partial charge in [-0.1, -0.05) is 0 Å². The van der Waals surface area contributed by atoms with Gasteiger partial charge in [0.2, 0.25) is 0 Å². The second-order valence-corrected chi connectivity index (χ2v) is 4.12. The van der Waals surface area contributed by atoms with E-state index in [0.717, 1.165) is 19.4 Å². The number of rotatable bonds is 5. The molecule has 0 aliphatic heterocycles. The number of ether oxygens (including phenoxy) is 1. The largest absolute Gasteiger partial charge is 0.376 e. The van der Waals surface area contributed by atoms with Crippen molar-refractivity contribution in [1.82, 2.24) is 0 Å². The molecule has 0 heterocycles. The van der Waals surface area contributed by atoms with Gasteiger partial charge in [-0.3, -0.25) is 0 Å². The summed E-state index contributed by atoms with van der Waals surface area (Å²) in [6.45, 7) is 8.51. The molecule has 0 aromatic carbocycles. The van der Waals surface area contributed by atoms with Gasteiger partial charge in [-0.15, -0.1) is 0 Å². The highest BCUT2D eigenvalue weighted by Gasteiger charge is 2.08. The van der Waals surface area contributed by atoms with E-state index in [4.69, 9.17) is 4.74 Å². The minimum Gasteiger partial charge on any atom is -0.376 e. The van der Waals surface area contributed by atoms with Crippen molar-refractivity contribution < 1.29 is 9.53 Å². The third-order valence-corrected chi connectivity index (χ3v) is 1.46. The first-order chi connectivity index (χ1) is 5.42. The molecule has 0 rings (SSSR count). The molecule has 72 valence electrons. The maximum atomic E-state index is 10.6. The lowest BCUT2D eigenvalue weighted by Gasteiger charge is -2.19. The Labute approximate surface area is 75.3 Å². The summed E-state index contributed by atoms with van der Waals surface area (Å²) >= 11 is 0. The van der Waals surface area contributed by atoms with Crippen molar-refractivity contribution in [3.05, 3.63) is 0 Å². The van der Waals surface area contributed by atoms with Gasteiger partial charge in [0.15, 0.2) is 0 Å². The molecule has 12 heavy (non-hydrogen) atoms. The molecule has 0 atom stereocenters. The Morgan fingerprint density at radius 2 is 1.83 bits per heavy atom. The molecule has 0 amide bonds. The molecule has 0 bridgehead atoms. The summed E-state index contributed by atoms with van der Waals surface area (Å²) in [5.41, 5.74) is -0.0454. The number of hydrogen-bond donors (Lipinski definition) is 0. The SMILES string of the molecule is CC(=O)CCCCOC(C)(C)C. The molecule has 0 radical (unpaired) electrons. The lowest BCUT2D eigenvalue weighted by molar-refractivity contribution is -0.117. The molecule has 0 saturated carbocycles. The van der Waals surface area contributed by atoms with Crippen LogP contribution in [0.5, 0.6) is 0 Å². The number of carbonyl (C=O) groups excluding carboxylic acids is 1. The average molecular weight is 172 g/mol. The molecule has 0 unspecified atom stereocenters. The van der Waals surface area contributed by atoms with Crippen molar-refractivity contribution in [1.29, 1.82) is 0 Å². The average Bonchev–Trinajstić information content (AvgIpc) is 1.83. The van der Waals surface area contributed by atoms with E-state index in [1.807, 2.05) is 20.8 Å². The van der Waals surface area contributed by atoms with E-state index in [1.165, 1.54) is 0 Å². The first kappa shape index (κ1) is 11.6. The number of hydrogen-bond acceptors (Lipinski definition) is 2. The van der Waals surface area contributed by atoms with Gasteiger partial charge in [0.05, 0.1) is 5.60 Å². The monoisotopic (exact) mass is 172 g/mol. The Morgan fingerprint density at radius 3 is 2.25 bits per heavy atom. The summed E-state index contributed by atoms with van der Waals surface area (Å²) in [6.07, 6.45) is 2.62. The van der Waals surface area contributed by atoms with Crippen LogP contribution in [0.2, 0.25) is 0 Å². The second kappa shape index (κ2) is 5.31. The highest BCUT2D eigenvalue weighted by atomic mass is 16.5. The number of ketones is 1. The quantitative estimate of drug-likeness (QED) is 0.596. The topological polar surface area (TPSA) is 26.3 Å². The summed E-state index contributed by atoms with van der Waals surface area (Å²) in [6, 6.07) is 0. The summed E-state index contributed by atoms with van der Waals surface area (Å²) in [5, 5.41) is 0. The molecule has 0 N–H and O–H groups in total. The predicted molar refractivity (Wildman–Crippen MR) is 50.2 cm³/mol. The first-order valence-corrected chi connectivity index (χ1v) is 4.55. The van der Waals surface area contributed by atoms with Crippen LogP contribution in [-0.2, 0) is 9.53 Å². The van der Waals surface area contributed by atoms with E-state index in [2.05, 4.69) is 0 Å². The van der Waals surface area contributed by atoms with E-state index in [1.54, 1.807) is 6.92 Å². The Morgan fingerprint density at radius 1 is 1.25 bits per heavy atom. The second-order valence-electron chi connectivity index (χ2n) is 4.12. The number of Topliss-reactive ketones (excluding diaryl/α,β-unsaturated/α-hetero) is 1. The number of unbranched alkanes of at least 4 members (excludes halogenated alkanes) is 1. The molecule has 0 fully saturated rings. The van der Waals surface area contributed by atoms with Gasteiger partial charge in [-0.05, 0) is 40.5 Å². The molecular weight excluding hydrogens is 152 g/mol. The van der Waals surface area contributed by atoms with Crippen LogP contribution in [0.15, 0.2) is 0 Å². The minimum atomic E-state index is -0.0454. The van der Waals surface area contributed by atoms with E-state index in [9.17, 15) is 4.79 Å². The normalized spacial score (nSPS) is 11.7. The van der Waals surface area contributed by atoms with Gasteiger partial charge in [0, 0.05) is 13.0 Å². The van der Waals surface area contributed by atoms with Crippen LogP contribution in [0.1, 0.15) is 47.0 Å². The molecular formula is C10H20O2. The molecule has 0 aromatic heterocycles. The van der Waals surface area contributed by atoms with Gasteiger partial charge in [0.25, 0.3) is 0 Å². The Kier molecular flexibility index (Phi) is 5.14. The molecule has 0 saturated heterocycles. The van der Waals surface area contributed by atoms with Crippen LogP contribution in [-0.4, -0.2) is 18.0 Å². The zero-order chi connectivity index (χ0) is 9.61. The Balaban J connectivity index is 3.17. The molecule has 0 aliphatic rings. The smallest absolute Gasteiger partial charge is 0.129 e. The Hall–Kier alpha value is -0.370. The van der Waals surface area contributed by atoms with E-state index < -0.39 is 0 Å². The molecule has 0 aromatic rings. The van der Waals surface area contributed by atoms with Crippen molar-refractivity contribution in [3.8, 4) is 0 Å². The van der Waals surface area contributed by atoms with E-state index in [-0.39, 0.29) is 11.4 Å². The van der Waals surface area contributed by atoms with Crippen molar-refractivity contribution in [3.63, 3.8) is 0 Å². The van der Waals surface area contributed by atoms with Gasteiger partial charge >= 0.3 is 0 Å². The van der Waals surface area contributed by atoms with Crippen LogP contribution in [0.25, 0.3) is 0 Å². The lowest BCUT2D eigenvalue weighted by atomic mass is 10.2. The highest BCUT2D eigenvalue weighted by molar-refractivity contribution is 5.75. The summed E-state index contributed by atoms with van der Waals surface area (Å²) in [4.78, 5) is 10.6. The Bertz CT molecular complexity index is 133. The summed E-state index contributed by atoms with van der Waals surface area (Å²) in [5.74, 6) is 0.269. The van der Waals surface area contributed by atoms with Gasteiger partial charge in [0.1, 0.15) is 5.78 Å². The maximum Gasteiger partial charge on any atom is 0.129 e. The first-order valence-electron chi connectivity index (χ1n) is 4.55. The molecule has 2 heteroatoms. The molecule has 0 aliphatic carbocycles. The fourth-order valence-corrected chi connectivity index (χ4v) is 0.854. The van der Waals surface area contributed by atoms with Gasteiger partial charge in [-0.25, -0.2) is 0 Å². The lowest BCUT2D eigenvalue weighted by Crippen LogP contribution is -2.19. The van der Waals surface area contributed by atoms with Crippen LogP contribution >= 0.6 is 0 Å². The van der Waals surface area contributed by atoms with Crippen LogP contribution in [0.3, 0.4) is 0 Å². The third-order valence-electron chi connectivity index (χ3n) is 1.46. The molecule has 2 nitrogen and oxygen atoms in total. The van der Waals surface area contributed by atoms with Crippen LogP contribution in [0.4, 0.5) is 0 Å². The third kappa shape index (κ3) is 9.63. The van der Waals surface area contributed by atoms with Crippen molar-refractivity contribution in [2.45, 2.75) is 52.6 Å². The summed E-state index contributed by atoms with van der Waals surface area (Å²) in [7, 11) is 0. The van der Waals surface area contributed by atoms with Crippen molar-refractivity contribution in [2.24, 2.45) is 0 Å². The van der Waals surface area contributed by atoms with Crippen LogP contribution < -0.4 is 0 Å². The fraction of sp³-hybridized carbons (Fsp3) is 0.900. The maximum absolute atomic E-state index is 10.6. The van der Waals surface area contributed by atoms with Crippen molar-refractivity contribution in [2.75, 3.05) is 6.61 Å². The zero-order valence-electron chi connectivity index (χ0n) is 8.64. The van der Waals surface area contributed by atoms with E-state index in [0.29, 0.717) is 6.42 Å². The highest BCUT2D eigenvalue weighted by Crippen LogP contribution is 2.08. The molecule has 0 spiro atoms. The van der Waals surface area contributed by atoms with Crippen LogP contribution in [0, 0.1) is 0 Å². The zero-order valence-corrected chi connectivity index (χ0v) is 8.64. The number of carbonyl (C=O) groups is 1. The fourth-order valence-electron chi connectivity index (χ4n) is 0.854. The standard InChI is InChI=1S/C10H20O2/c1-9(11)7-5-6-8-12-10(2,3)4/h5-8H2,1-4H3. The minimum absolute atomic E-state index is 0.0454. The van der Waals surface area contributed by atoms with Crippen molar-refractivity contribution >= 4 is 5.78 Å². The predicted octanol–water partition coefficient (Wildman–Crippen LogP) is 2.56. The summed E-state index contributed by atoms with van der Waals surface area (Å²) < 4.78 is 5.50. The van der Waals surface area contributed by atoms with E-state index >= 15 is 0 Å². The van der Waals surface area contributed by atoms with Gasteiger partial charge in [-0.2, -0.15) is 0 Å².